The molecule has 2 aromatic carbocycles. The molecule has 0 saturated heterocycles. The molecule has 0 spiro atoms. The van der Waals surface area contributed by atoms with Gasteiger partial charge in [0.2, 0.25) is 0 Å². The van der Waals surface area contributed by atoms with Crippen LogP contribution in [0.25, 0.3) is 0 Å². The number of benzene rings is 2. The van der Waals surface area contributed by atoms with E-state index < -0.39 is 34.4 Å². The van der Waals surface area contributed by atoms with Crippen LogP contribution >= 0.6 is 0 Å². The molecule has 0 N–H and O–H groups in total. The van der Waals surface area contributed by atoms with E-state index in [2.05, 4.69) is 0 Å². The van der Waals surface area contributed by atoms with Crippen LogP contribution in [-0.4, -0.2) is 48.6 Å². The SMILES string of the molecule is COc1ccccc1C(=O)[O][Sb][O]C(=O)c1ccccc1OC. The minimum absolute atomic E-state index is 0.291. The van der Waals surface area contributed by atoms with Gasteiger partial charge in [0, 0.05) is 0 Å². The third-order valence-corrected chi connectivity index (χ3v) is 4.27. The molecule has 2 aromatic rings. The Labute approximate surface area is 145 Å². The maximum atomic E-state index is 12.0. The Balaban J connectivity index is 1.94. The summed E-state index contributed by atoms with van der Waals surface area (Å²) in [5.41, 5.74) is 0.581. The van der Waals surface area contributed by atoms with Crippen molar-refractivity contribution in [1.82, 2.24) is 0 Å². The molecule has 0 aliphatic rings. The molecular formula is C16H14O6Sb. The number of carbonyl (C=O) groups excluding carboxylic acids is 2. The number of methoxy groups -OCH3 is 2. The van der Waals surface area contributed by atoms with Crippen molar-refractivity contribution >= 4 is 34.4 Å². The summed E-state index contributed by atoms with van der Waals surface area (Å²) in [6.07, 6.45) is 0. The van der Waals surface area contributed by atoms with E-state index in [9.17, 15) is 9.59 Å². The van der Waals surface area contributed by atoms with Gasteiger partial charge in [0.1, 0.15) is 0 Å². The minimum atomic E-state index is -1.93. The summed E-state index contributed by atoms with van der Waals surface area (Å²) in [7, 11) is 2.93. The van der Waals surface area contributed by atoms with E-state index in [-0.39, 0.29) is 0 Å². The average molecular weight is 424 g/mol. The maximum absolute atomic E-state index is 12.0. The number of hydrogen-bond donors (Lipinski definition) is 0. The molecule has 0 amide bonds. The number of hydrogen-bond acceptors (Lipinski definition) is 6. The molecule has 0 unspecified atom stereocenters. The van der Waals surface area contributed by atoms with Crippen molar-refractivity contribution in [1.29, 1.82) is 0 Å². The van der Waals surface area contributed by atoms with Gasteiger partial charge in [-0.05, 0) is 0 Å². The van der Waals surface area contributed by atoms with E-state index in [1.807, 2.05) is 0 Å². The van der Waals surface area contributed by atoms with Gasteiger partial charge < -0.3 is 0 Å². The third-order valence-electron chi connectivity index (χ3n) is 2.89. The van der Waals surface area contributed by atoms with Gasteiger partial charge in [0.05, 0.1) is 0 Å². The summed E-state index contributed by atoms with van der Waals surface area (Å²) in [5, 5.41) is 0. The zero-order valence-electron chi connectivity index (χ0n) is 12.5. The van der Waals surface area contributed by atoms with Crippen LogP contribution in [0, 0.1) is 0 Å². The molecule has 0 fully saturated rings. The van der Waals surface area contributed by atoms with Gasteiger partial charge in [-0.3, -0.25) is 0 Å². The summed E-state index contributed by atoms with van der Waals surface area (Å²) in [6, 6.07) is 13.4. The van der Waals surface area contributed by atoms with Crippen LogP contribution in [0.5, 0.6) is 11.5 Å². The predicted octanol–water partition coefficient (Wildman–Crippen LogP) is 2.25. The second-order valence-electron chi connectivity index (χ2n) is 4.23. The van der Waals surface area contributed by atoms with Gasteiger partial charge in [0.15, 0.2) is 0 Å². The van der Waals surface area contributed by atoms with Crippen molar-refractivity contribution in [3.8, 4) is 11.5 Å². The first-order valence-corrected chi connectivity index (χ1v) is 8.65. The van der Waals surface area contributed by atoms with E-state index in [4.69, 9.17) is 15.5 Å². The summed E-state index contributed by atoms with van der Waals surface area (Å²) < 4.78 is 20.3. The van der Waals surface area contributed by atoms with Gasteiger partial charge in [-0.2, -0.15) is 0 Å². The van der Waals surface area contributed by atoms with Crippen LogP contribution < -0.4 is 9.47 Å². The zero-order valence-corrected chi connectivity index (χ0v) is 15.1. The van der Waals surface area contributed by atoms with E-state index in [0.29, 0.717) is 22.6 Å². The number of carbonyl (C=O) groups is 2. The molecule has 2 rings (SSSR count). The Morgan fingerprint density at radius 2 is 1.13 bits per heavy atom. The van der Waals surface area contributed by atoms with Crippen LogP contribution in [0.3, 0.4) is 0 Å². The quantitative estimate of drug-likeness (QED) is 0.663. The second-order valence-corrected chi connectivity index (χ2v) is 5.70. The third kappa shape index (κ3) is 4.39. The van der Waals surface area contributed by atoms with Crippen molar-refractivity contribution < 1.29 is 25.1 Å². The average Bonchev–Trinajstić information content (AvgIpc) is 2.61. The number of ether oxygens (including phenoxy) is 2. The zero-order chi connectivity index (χ0) is 16.7. The van der Waals surface area contributed by atoms with Crippen LogP contribution in [0.2, 0.25) is 0 Å². The van der Waals surface area contributed by atoms with E-state index in [1.54, 1.807) is 48.5 Å². The topological polar surface area (TPSA) is 71.1 Å². The molecule has 0 aliphatic carbocycles. The van der Waals surface area contributed by atoms with Crippen LogP contribution in [0.15, 0.2) is 48.5 Å². The van der Waals surface area contributed by atoms with E-state index in [0.717, 1.165) is 0 Å². The molecule has 6 nitrogen and oxygen atoms in total. The molecule has 0 atom stereocenters. The first-order valence-electron chi connectivity index (χ1n) is 6.56. The first-order chi connectivity index (χ1) is 11.2. The van der Waals surface area contributed by atoms with E-state index >= 15 is 0 Å². The number of para-hydroxylation sites is 2. The van der Waals surface area contributed by atoms with Gasteiger partial charge >= 0.3 is 145 Å². The summed E-state index contributed by atoms with van der Waals surface area (Å²) in [5.74, 6) is -0.339. The molecule has 7 heteroatoms. The van der Waals surface area contributed by atoms with Crippen LogP contribution in [-0.2, 0) is 6.03 Å². The Bertz CT molecular complexity index is 641. The summed E-state index contributed by atoms with van der Waals surface area (Å²) >= 11 is -1.93. The summed E-state index contributed by atoms with van der Waals surface area (Å²) in [4.78, 5) is 24.0. The van der Waals surface area contributed by atoms with Gasteiger partial charge in [-0.25, -0.2) is 0 Å². The van der Waals surface area contributed by atoms with Crippen molar-refractivity contribution in [3.05, 3.63) is 59.7 Å². The Morgan fingerprint density at radius 1 is 0.739 bits per heavy atom. The normalized spacial score (nSPS) is 9.83. The molecule has 23 heavy (non-hydrogen) atoms. The van der Waals surface area contributed by atoms with Crippen molar-refractivity contribution in [2.24, 2.45) is 0 Å². The first kappa shape index (κ1) is 17.2. The number of rotatable bonds is 6. The van der Waals surface area contributed by atoms with Crippen LogP contribution in [0.1, 0.15) is 20.7 Å². The molecule has 0 aliphatic heterocycles. The summed E-state index contributed by atoms with van der Waals surface area (Å²) in [6.45, 7) is 0. The molecular weight excluding hydrogens is 410 g/mol. The monoisotopic (exact) mass is 423 g/mol. The standard InChI is InChI=1S/2C8H8O3.Sb/c2*1-11-7-5-3-2-4-6(7)8(9)10;/h2*2-5H,1H3,(H,9,10);/q;;+2/p-2. The fraction of sp³-hybridized carbons (Fsp3) is 0.125. The Morgan fingerprint density at radius 3 is 1.52 bits per heavy atom. The molecule has 1 radical (unpaired) electrons. The molecule has 0 heterocycles. The van der Waals surface area contributed by atoms with Crippen molar-refractivity contribution in [2.75, 3.05) is 14.2 Å². The van der Waals surface area contributed by atoms with Crippen molar-refractivity contribution in [2.45, 2.75) is 0 Å². The Hall–Kier alpha value is -2.20. The van der Waals surface area contributed by atoms with Gasteiger partial charge in [-0.1, -0.05) is 0 Å². The van der Waals surface area contributed by atoms with E-state index in [1.165, 1.54) is 14.2 Å². The molecule has 0 saturated carbocycles. The fourth-order valence-corrected chi connectivity index (χ4v) is 2.87. The van der Waals surface area contributed by atoms with Crippen molar-refractivity contribution in [3.63, 3.8) is 0 Å². The van der Waals surface area contributed by atoms with Gasteiger partial charge in [-0.15, -0.1) is 0 Å². The van der Waals surface area contributed by atoms with Crippen LogP contribution in [0.4, 0.5) is 0 Å². The van der Waals surface area contributed by atoms with Gasteiger partial charge in [0.25, 0.3) is 0 Å². The molecule has 0 bridgehead atoms. The Kier molecular flexibility index (Phi) is 6.29. The predicted molar refractivity (Wildman–Crippen MR) is 82.6 cm³/mol. The second kappa shape index (κ2) is 8.44. The molecule has 119 valence electrons. The molecule has 0 aromatic heterocycles. The fourth-order valence-electron chi connectivity index (χ4n) is 1.81.